The molecule has 1 amide bonds. The summed E-state index contributed by atoms with van der Waals surface area (Å²) in [4.78, 5) is 34.7. The van der Waals surface area contributed by atoms with E-state index in [-0.39, 0.29) is 29.0 Å². The number of sulfonamides is 1. The Morgan fingerprint density at radius 1 is 0.983 bits per heavy atom. The summed E-state index contributed by atoms with van der Waals surface area (Å²) in [6.07, 6.45) is 8.99. The number of nitrogens with zero attached hydrogens (tertiary/aromatic N) is 5. The number of rotatable bonds is 12. The van der Waals surface area contributed by atoms with Crippen LogP contribution in [0.3, 0.4) is 0 Å². The number of amides is 1. The lowest BCUT2D eigenvalue weighted by atomic mass is 10.00. The van der Waals surface area contributed by atoms with Gasteiger partial charge in [0.25, 0.3) is 21.6 Å². The molecule has 0 aliphatic carbocycles. The number of pyridine rings is 1. The highest BCUT2D eigenvalue weighted by atomic mass is 32.2. The molecule has 9 rings (SSSR count). The average molecular weight is 827 g/mol. The van der Waals surface area contributed by atoms with Crippen molar-refractivity contribution in [2.24, 2.45) is 13.0 Å². The van der Waals surface area contributed by atoms with Gasteiger partial charge in [0.05, 0.1) is 33.1 Å². The number of nitrogens with one attached hydrogen (secondary N) is 3. The lowest BCUT2D eigenvalue weighted by Gasteiger charge is -2.27. The predicted octanol–water partition coefficient (Wildman–Crippen LogP) is 8.12. The summed E-state index contributed by atoms with van der Waals surface area (Å²) in [5.41, 5.74) is 5.20. The fourth-order valence-electron chi connectivity index (χ4n) is 8.20. The Labute approximate surface area is 345 Å². The Hall–Kier alpha value is -6.78. The predicted molar refractivity (Wildman–Crippen MR) is 228 cm³/mol. The zero-order valence-corrected chi connectivity index (χ0v) is 33.5. The van der Waals surface area contributed by atoms with Crippen molar-refractivity contribution in [1.29, 1.82) is 0 Å². The molecule has 3 N–H and O–H groups in total. The number of hydrogen-bond donors (Lipinski definition) is 3. The van der Waals surface area contributed by atoms with Crippen molar-refractivity contribution < 1.29 is 27.6 Å². The number of H-pyrrole nitrogens is 1. The number of carbonyl (C=O) groups is 1. The molecule has 1 atom stereocenters. The average Bonchev–Trinajstić information content (AvgIpc) is 4.03. The van der Waals surface area contributed by atoms with Crippen LogP contribution in [-0.4, -0.2) is 65.3 Å². The van der Waals surface area contributed by atoms with Crippen molar-refractivity contribution >= 4 is 54.9 Å². The molecule has 15 nitrogen and oxygen atoms in total. The van der Waals surface area contributed by atoms with Gasteiger partial charge in [-0.15, -0.1) is 0 Å². The van der Waals surface area contributed by atoms with Crippen molar-refractivity contribution in [2.75, 3.05) is 36.5 Å². The van der Waals surface area contributed by atoms with Crippen molar-refractivity contribution in [1.82, 2.24) is 24.5 Å². The van der Waals surface area contributed by atoms with Crippen molar-refractivity contribution in [3.63, 3.8) is 0 Å². The van der Waals surface area contributed by atoms with E-state index in [0.717, 1.165) is 71.4 Å². The fourth-order valence-corrected chi connectivity index (χ4v) is 9.18. The summed E-state index contributed by atoms with van der Waals surface area (Å²) >= 11 is 0. The van der Waals surface area contributed by atoms with Gasteiger partial charge in [0.15, 0.2) is 0 Å². The molecule has 2 fully saturated rings. The molecule has 0 saturated carbocycles. The smallest absolute Gasteiger partial charge is 0.293 e. The van der Waals surface area contributed by atoms with Gasteiger partial charge in [0.2, 0.25) is 0 Å². The minimum atomic E-state index is -4.57. The summed E-state index contributed by atoms with van der Waals surface area (Å²) in [6.45, 7) is 2.63. The summed E-state index contributed by atoms with van der Waals surface area (Å²) in [5, 5.41) is 21.8. The Morgan fingerprint density at radius 2 is 1.80 bits per heavy atom. The molecule has 2 aliphatic rings. The number of benzene rings is 4. The van der Waals surface area contributed by atoms with Gasteiger partial charge in [-0.3, -0.25) is 19.6 Å². The van der Waals surface area contributed by atoms with Crippen LogP contribution >= 0.6 is 0 Å². The third kappa shape index (κ3) is 7.86. The Bertz CT molecular complexity index is 2850. The number of nitro groups is 1. The van der Waals surface area contributed by atoms with Gasteiger partial charge in [-0.05, 0) is 91.3 Å². The molecular weight excluding hydrogens is 785 g/mol. The second-order valence-electron chi connectivity index (χ2n) is 15.2. The first-order chi connectivity index (χ1) is 29.1. The molecule has 2 aliphatic heterocycles. The Morgan fingerprint density at radius 3 is 2.62 bits per heavy atom. The fraction of sp³-hybridized carbons (Fsp3) is 0.250. The first-order valence-electron chi connectivity index (χ1n) is 19.8. The highest BCUT2D eigenvalue weighted by molar-refractivity contribution is 7.90. The van der Waals surface area contributed by atoms with Crippen LogP contribution in [0.1, 0.15) is 47.6 Å². The Kier molecular flexibility index (Phi) is 10.4. The van der Waals surface area contributed by atoms with Crippen molar-refractivity contribution in [3.05, 3.63) is 131 Å². The largest absolute Gasteiger partial charge is 0.455 e. The van der Waals surface area contributed by atoms with E-state index in [0.29, 0.717) is 31.2 Å². The first kappa shape index (κ1) is 38.7. The lowest BCUT2D eigenvalue weighted by molar-refractivity contribution is -0.384. The zero-order valence-electron chi connectivity index (χ0n) is 32.7. The molecule has 2 saturated heterocycles. The van der Waals surface area contributed by atoms with Gasteiger partial charge in [0, 0.05) is 73.8 Å². The van der Waals surface area contributed by atoms with E-state index in [2.05, 4.69) is 55.2 Å². The number of carbonyl (C=O) groups excluding carboxylic acids is 1. The van der Waals surface area contributed by atoms with E-state index in [9.17, 15) is 23.3 Å². The number of nitro benzene ring substituents is 1. The summed E-state index contributed by atoms with van der Waals surface area (Å²) in [7, 11) is -2.63. The summed E-state index contributed by atoms with van der Waals surface area (Å²) in [5.74, 6) is -0.294. The maximum Gasteiger partial charge on any atom is 0.293 e. The van der Waals surface area contributed by atoms with Crippen LogP contribution < -0.4 is 19.7 Å². The second kappa shape index (κ2) is 16.1. The summed E-state index contributed by atoms with van der Waals surface area (Å²) in [6, 6.07) is 26.7. The van der Waals surface area contributed by atoms with Crippen molar-refractivity contribution in [3.8, 4) is 22.6 Å². The normalized spacial score (nSPS) is 16.0. The molecule has 1 unspecified atom stereocenters. The third-order valence-electron chi connectivity index (χ3n) is 11.3. The van der Waals surface area contributed by atoms with Gasteiger partial charge in [-0.2, -0.15) is 5.10 Å². The second-order valence-corrected chi connectivity index (χ2v) is 16.9. The molecule has 0 bridgehead atoms. The van der Waals surface area contributed by atoms with Crippen LogP contribution in [-0.2, 0) is 21.8 Å². The quantitative estimate of drug-likeness (QED) is 0.0798. The minimum Gasteiger partial charge on any atom is -0.455 e. The number of aromatic nitrogens is 4. The molecule has 3 aromatic heterocycles. The highest BCUT2D eigenvalue weighted by Gasteiger charge is 2.29. The topological polar surface area (TPSA) is 187 Å². The number of hydrogen-bond acceptors (Lipinski definition) is 11. The van der Waals surface area contributed by atoms with E-state index < -0.39 is 31.4 Å². The molecule has 4 aromatic carbocycles. The SMILES string of the molecule is Cn1cc2cccc(C3CCCN3c3ccc(-c4ccc(C(=O)NS(=O)(=O)c5ccc(NCC6CCOCC6)c([N+](=O)[O-])c5)c(Oc5cnc6[nH]ccc6c5)c4)cc3)c2n1. The third-order valence-corrected chi connectivity index (χ3v) is 12.6. The van der Waals surface area contributed by atoms with E-state index >= 15 is 0 Å². The van der Waals surface area contributed by atoms with E-state index in [1.54, 1.807) is 24.4 Å². The van der Waals surface area contributed by atoms with Crippen LogP contribution in [0.5, 0.6) is 11.5 Å². The van der Waals surface area contributed by atoms with Crippen LogP contribution in [0, 0.1) is 16.0 Å². The van der Waals surface area contributed by atoms with Gasteiger partial charge in [-0.25, -0.2) is 18.1 Å². The number of aromatic amines is 1. The van der Waals surface area contributed by atoms with Gasteiger partial charge in [0.1, 0.15) is 22.8 Å². The maximum atomic E-state index is 13.9. The molecule has 0 radical (unpaired) electrons. The van der Waals surface area contributed by atoms with E-state index in [1.165, 1.54) is 30.0 Å². The van der Waals surface area contributed by atoms with Gasteiger partial charge >= 0.3 is 0 Å². The lowest BCUT2D eigenvalue weighted by Crippen LogP contribution is -2.31. The highest BCUT2D eigenvalue weighted by Crippen LogP contribution is 2.40. The molecule has 0 spiro atoms. The standard InChI is InChI=1S/C44H42N8O7S/c1-50-27-32-4-2-5-36(42(32)48-50)39-6-3-19-51(39)33-10-7-29(8-11-33)30-9-13-37(41(23-30)59-34-22-31-15-18-45-43(31)47-26-34)44(53)49-60(56,57)35-12-14-38(40(24-35)52(54)55)46-25-28-16-20-58-21-17-28/h2,4-5,7-15,18,22-24,26-28,39,46H,3,6,16-17,19-21,25H2,1H3,(H,45,47)(H,49,53). The van der Waals surface area contributed by atoms with Crippen molar-refractivity contribution in [2.45, 2.75) is 36.6 Å². The van der Waals surface area contributed by atoms with E-state index in [1.807, 2.05) is 36.1 Å². The van der Waals surface area contributed by atoms with Gasteiger partial charge < -0.3 is 24.7 Å². The molecule has 306 valence electrons. The molecular formula is C44H42N8O7S. The monoisotopic (exact) mass is 826 g/mol. The molecule has 60 heavy (non-hydrogen) atoms. The van der Waals surface area contributed by atoms with E-state index in [4.69, 9.17) is 14.6 Å². The minimum absolute atomic E-state index is 0.0686. The Balaban J connectivity index is 0.986. The van der Waals surface area contributed by atoms with Crippen LogP contribution in [0.4, 0.5) is 17.1 Å². The van der Waals surface area contributed by atoms with Crippen LogP contribution in [0.2, 0.25) is 0 Å². The number of fused-ring (bicyclic) bond motifs is 2. The van der Waals surface area contributed by atoms with Gasteiger partial charge in [-0.1, -0.05) is 36.4 Å². The summed E-state index contributed by atoms with van der Waals surface area (Å²) < 4.78 is 42.9. The van der Waals surface area contributed by atoms with Crippen LogP contribution in [0.15, 0.2) is 114 Å². The first-order valence-corrected chi connectivity index (χ1v) is 21.3. The number of ether oxygens (including phenoxy) is 2. The number of aryl methyl sites for hydroxylation is 1. The zero-order chi connectivity index (χ0) is 41.4. The maximum absolute atomic E-state index is 13.9. The molecule has 7 aromatic rings. The number of anilines is 2. The molecule has 16 heteroatoms. The van der Waals surface area contributed by atoms with Crippen LogP contribution in [0.25, 0.3) is 33.1 Å². The molecule has 5 heterocycles.